The van der Waals surface area contributed by atoms with E-state index in [4.69, 9.17) is 0 Å². The molecule has 1 rings (SSSR count). The molecule has 0 aliphatic rings. The number of carbonyl (C=O) groups is 1. The van der Waals surface area contributed by atoms with Crippen molar-refractivity contribution in [2.24, 2.45) is 5.92 Å². The Morgan fingerprint density at radius 2 is 2.07 bits per heavy atom. The van der Waals surface area contributed by atoms with E-state index >= 15 is 0 Å². The van der Waals surface area contributed by atoms with Gasteiger partial charge in [0.1, 0.15) is 0 Å². The number of pyridine rings is 1. The van der Waals surface area contributed by atoms with Gasteiger partial charge in [0.25, 0.3) is 0 Å². The fourth-order valence-electron chi connectivity index (χ4n) is 1.10. The Labute approximate surface area is 84.6 Å². The van der Waals surface area contributed by atoms with Crippen LogP contribution in [0.4, 0.5) is 5.69 Å². The lowest BCUT2D eigenvalue weighted by Crippen LogP contribution is -2.18. The first-order valence-electron chi connectivity index (χ1n) is 4.75. The molecule has 0 bridgehead atoms. The topological polar surface area (TPSA) is 42.0 Å². The first-order chi connectivity index (χ1) is 6.50. The Kier molecular flexibility index (Phi) is 3.23. The van der Waals surface area contributed by atoms with E-state index in [1.54, 1.807) is 6.20 Å². The van der Waals surface area contributed by atoms with Gasteiger partial charge in [-0.05, 0) is 25.5 Å². The average molecular weight is 192 g/mol. The lowest BCUT2D eigenvalue weighted by atomic mass is 10.2. The number of hydrogen-bond donors (Lipinski definition) is 1. The number of rotatable bonds is 2. The van der Waals surface area contributed by atoms with Gasteiger partial charge in [-0.25, -0.2) is 0 Å². The highest BCUT2D eigenvalue weighted by molar-refractivity contribution is 5.92. The number of amides is 1. The minimum atomic E-state index is -0.00398. The summed E-state index contributed by atoms with van der Waals surface area (Å²) in [6, 6.07) is 1.95. The maximum absolute atomic E-state index is 11.4. The largest absolute Gasteiger partial charge is 0.324 e. The van der Waals surface area contributed by atoms with E-state index in [1.807, 2.05) is 33.8 Å². The van der Waals surface area contributed by atoms with Gasteiger partial charge in [0.05, 0.1) is 11.9 Å². The second kappa shape index (κ2) is 4.22. The van der Waals surface area contributed by atoms with Gasteiger partial charge in [0.15, 0.2) is 0 Å². The van der Waals surface area contributed by atoms with Crippen LogP contribution in [-0.4, -0.2) is 10.9 Å². The number of nitrogens with one attached hydrogen (secondary N) is 1. The highest BCUT2D eigenvalue weighted by Gasteiger charge is 2.08. The molecule has 0 spiro atoms. The van der Waals surface area contributed by atoms with Crippen LogP contribution in [0.25, 0.3) is 0 Å². The molecular formula is C11H16N2O. The zero-order valence-electron chi connectivity index (χ0n) is 9.09. The highest BCUT2D eigenvalue weighted by atomic mass is 16.1. The quantitative estimate of drug-likeness (QED) is 0.781. The maximum atomic E-state index is 11.4. The molecule has 1 aromatic heterocycles. The van der Waals surface area contributed by atoms with Crippen LogP contribution in [0.3, 0.4) is 0 Å². The second-order valence-corrected chi connectivity index (χ2v) is 3.78. The molecule has 3 heteroatoms. The van der Waals surface area contributed by atoms with E-state index in [1.165, 1.54) is 0 Å². The van der Waals surface area contributed by atoms with Crippen molar-refractivity contribution in [3.05, 3.63) is 23.5 Å². The summed E-state index contributed by atoms with van der Waals surface area (Å²) in [5.41, 5.74) is 2.81. The molecule has 1 N–H and O–H groups in total. The summed E-state index contributed by atoms with van der Waals surface area (Å²) in [6.45, 7) is 7.63. The van der Waals surface area contributed by atoms with Crippen molar-refractivity contribution < 1.29 is 4.79 Å². The van der Waals surface area contributed by atoms with Gasteiger partial charge in [-0.2, -0.15) is 0 Å². The van der Waals surface area contributed by atoms with Crippen molar-refractivity contribution in [2.45, 2.75) is 27.7 Å². The van der Waals surface area contributed by atoms with Crippen LogP contribution in [0.15, 0.2) is 12.3 Å². The summed E-state index contributed by atoms with van der Waals surface area (Å²) >= 11 is 0. The van der Waals surface area contributed by atoms with Crippen molar-refractivity contribution in [1.82, 2.24) is 4.98 Å². The number of hydrogen-bond acceptors (Lipinski definition) is 2. The van der Waals surface area contributed by atoms with Crippen LogP contribution in [0.5, 0.6) is 0 Å². The molecule has 0 saturated carbocycles. The summed E-state index contributed by atoms with van der Waals surface area (Å²) in [7, 11) is 0. The Hall–Kier alpha value is -1.38. The highest BCUT2D eigenvalue weighted by Crippen LogP contribution is 2.14. The first-order valence-corrected chi connectivity index (χ1v) is 4.75. The van der Waals surface area contributed by atoms with Gasteiger partial charge < -0.3 is 5.32 Å². The van der Waals surface area contributed by atoms with E-state index in [0.29, 0.717) is 0 Å². The lowest BCUT2D eigenvalue weighted by molar-refractivity contribution is -0.118. The number of aryl methyl sites for hydroxylation is 2. The van der Waals surface area contributed by atoms with Crippen LogP contribution in [0.2, 0.25) is 0 Å². The molecule has 1 aromatic rings. The van der Waals surface area contributed by atoms with E-state index in [2.05, 4.69) is 10.3 Å². The molecule has 0 atom stereocenters. The SMILES string of the molecule is Cc1cc(C)c(NC(=O)C(C)C)cn1. The molecule has 0 fully saturated rings. The van der Waals surface area contributed by atoms with Crippen molar-refractivity contribution in [3.63, 3.8) is 0 Å². The van der Waals surface area contributed by atoms with Crippen LogP contribution < -0.4 is 5.32 Å². The van der Waals surface area contributed by atoms with Gasteiger partial charge in [0.2, 0.25) is 5.91 Å². The molecule has 0 aromatic carbocycles. The molecule has 1 heterocycles. The fraction of sp³-hybridized carbons (Fsp3) is 0.455. The van der Waals surface area contributed by atoms with Gasteiger partial charge in [-0.3, -0.25) is 9.78 Å². The third-order valence-corrected chi connectivity index (χ3v) is 2.03. The molecule has 0 aliphatic carbocycles. The van der Waals surface area contributed by atoms with Gasteiger partial charge in [-0.1, -0.05) is 13.8 Å². The second-order valence-electron chi connectivity index (χ2n) is 3.78. The summed E-state index contributed by atoms with van der Waals surface area (Å²) in [4.78, 5) is 15.5. The van der Waals surface area contributed by atoms with Crippen molar-refractivity contribution in [1.29, 1.82) is 0 Å². The van der Waals surface area contributed by atoms with E-state index in [9.17, 15) is 4.79 Å². The van der Waals surface area contributed by atoms with Crippen LogP contribution in [-0.2, 0) is 4.79 Å². The first kappa shape index (κ1) is 10.7. The fourth-order valence-corrected chi connectivity index (χ4v) is 1.10. The minimum absolute atomic E-state index is 0.00398. The smallest absolute Gasteiger partial charge is 0.226 e. The minimum Gasteiger partial charge on any atom is -0.324 e. The Bertz CT molecular complexity index is 345. The van der Waals surface area contributed by atoms with Gasteiger partial charge >= 0.3 is 0 Å². The van der Waals surface area contributed by atoms with Crippen LogP contribution in [0, 0.1) is 19.8 Å². The predicted octanol–water partition coefficient (Wildman–Crippen LogP) is 2.29. The summed E-state index contributed by atoms with van der Waals surface area (Å²) in [5, 5.41) is 2.84. The van der Waals surface area contributed by atoms with Crippen molar-refractivity contribution in [2.75, 3.05) is 5.32 Å². The molecule has 1 amide bonds. The van der Waals surface area contributed by atoms with Gasteiger partial charge in [0, 0.05) is 11.6 Å². The third-order valence-electron chi connectivity index (χ3n) is 2.03. The summed E-state index contributed by atoms with van der Waals surface area (Å²) in [5.74, 6) is 0.0226. The number of carbonyl (C=O) groups excluding carboxylic acids is 1. The zero-order chi connectivity index (χ0) is 10.7. The van der Waals surface area contributed by atoms with E-state index in [0.717, 1.165) is 16.9 Å². The monoisotopic (exact) mass is 192 g/mol. The Morgan fingerprint density at radius 3 is 2.57 bits per heavy atom. The average Bonchev–Trinajstić information content (AvgIpc) is 2.09. The van der Waals surface area contributed by atoms with Crippen LogP contribution in [0.1, 0.15) is 25.1 Å². The molecule has 76 valence electrons. The predicted molar refractivity (Wildman–Crippen MR) is 57.2 cm³/mol. The molecular weight excluding hydrogens is 176 g/mol. The van der Waals surface area contributed by atoms with E-state index < -0.39 is 0 Å². The lowest BCUT2D eigenvalue weighted by Gasteiger charge is -2.10. The zero-order valence-corrected chi connectivity index (χ0v) is 9.09. The van der Waals surface area contributed by atoms with Crippen molar-refractivity contribution in [3.8, 4) is 0 Å². The molecule has 0 saturated heterocycles. The Morgan fingerprint density at radius 1 is 1.43 bits per heavy atom. The van der Waals surface area contributed by atoms with Gasteiger partial charge in [-0.15, -0.1) is 0 Å². The molecule has 0 aliphatic heterocycles. The molecule has 0 unspecified atom stereocenters. The van der Waals surface area contributed by atoms with Crippen molar-refractivity contribution >= 4 is 11.6 Å². The summed E-state index contributed by atoms with van der Waals surface area (Å²) < 4.78 is 0. The van der Waals surface area contributed by atoms with Crippen LogP contribution >= 0.6 is 0 Å². The number of aromatic nitrogens is 1. The van der Waals surface area contributed by atoms with E-state index in [-0.39, 0.29) is 11.8 Å². The number of nitrogens with zero attached hydrogens (tertiary/aromatic N) is 1. The summed E-state index contributed by atoms with van der Waals surface area (Å²) in [6.07, 6.45) is 1.70. The number of anilines is 1. The maximum Gasteiger partial charge on any atom is 0.226 e. The molecule has 14 heavy (non-hydrogen) atoms. The molecule has 0 radical (unpaired) electrons. The normalized spacial score (nSPS) is 10.4. The standard InChI is InChI=1S/C11H16N2O/c1-7(2)11(14)13-10-6-12-9(4)5-8(10)3/h5-7H,1-4H3,(H,13,14). The third kappa shape index (κ3) is 2.55. The molecule has 3 nitrogen and oxygen atoms in total. The Balaban J connectivity index is 2.82.